The number of carbonyl (C=O) groups is 2. The summed E-state index contributed by atoms with van der Waals surface area (Å²) in [4.78, 5) is 23.6. The van der Waals surface area contributed by atoms with Gasteiger partial charge in [-0.2, -0.15) is 0 Å². The van der Waals surface area contributed by atoms with Crippen molar-refractivity contribution in [1.82, 2.24) is 0 Å². The summed E-state index contributed by atoms with van der Waals surface area (Å²) < 4.78 is 27.6. The number of Topliss-reactive ketones (excluding diaryl/α,β-unsaturated/α-hetero) is 2. The number of hydrogen-bond donors (Lipinski definition) is 0. The number of benzene rings is 2. The normalized spacial score (nSPS) is 13.2. The summed E-state index contributed by atoms with van der Waals surface area (Å²) in [5.74, 6) is -3.02. The van der Waals surface area contributed by atoms with Crippen molar-refractivity contribution in [1.29, 1.82) is 0 Å². The summed E-state index contributed by atoms with van der Waals surface area (Å²) in [6.07, 6.45) is 0. The fourth-order valence-corrected chi connectivity index (χ4v) is 2.18. The molecular weight excluding hydrogens is 238 g/mol. The molecule has 0 bridgehead atoms. The zero-order valence-electron chi connectivity index (χ0n) is 9.04. The molecule has 0 unspecified atom stereocenters. The molecule has 0 atom stereocenters. The Bertz CT molecular complexity index is 643. The number of ketones is 2. The lowest BCUT2D eigenvalue weighted by Crippen LogP contribution is -2.22. The van der Waals surface area contributed by atoms with Crippen LogP contribution in [-0.4, -0.2) is 11.6 Å². The summed E-state index contributed by atoms with van der Waals surface area (Å²) in [5.41, 5.74) is -0.430. The van der Waals surface area contributed by atoms with E-state index < -0.39 is 23.2 Å². The first-order chi connectivity index (χ1) is 8.61. The van der Waals surface area contributed by atoms with E-state index in [-0.39, 0.29) is 22.3 Å². The van der Waals surface area contributed by atoms with Crippen molar-refractivity contribution in [2.24, 2.45) is 0 Å². The molecule has 1 aliphatic carbocycles. The van der Waals surface area contributed by atoms with E-state index in [1.165, 1.54) is 24.3 Å². The van der Waals surface area contributed by atoms with Crippen LogP contribution >= 0.6 is 0 Å². The Balaban J connectivity index is 2.49. The van der Waals surface area contributed by atoms with E-state index in [1.807, 2.05) is 0 Å². The van der Waals surface area contributed by atoms with Gasteiger partial charge in [-0.15, -0.1) is 0 Å². The summed E-state index contributed by atoms with van der Waals surface area (Å²) in [6, 6.07) is 7.58. The fourth-order valence-electron chi connectivity index (χ4n) is 2.18. The lowest BCUT2D eigenvalue weighted by Gasteiger charge is -2.18. The summed E-state index contributed by atoms with van der Waals surface area (Å²) in [5, 5.41) is 0. The van der Waals surface area contributed by atoms with Gasteiger partial charge in [-0.3, -0.25) is 9.59 Å². The van der Waals surface area contributed by atoms with E-state index in [2.05, 4.69) is 0 Å². The molecule has 1 aliphatic rings. The van der Waals surface area contributed by atoms with Gasteiger partial charge in [0.15, 0.2) is 0 Å². The molecule has 0 saturated heterocycles. The Labute approximate surface area is 101 Å². The average molecular weight is 244 g/mol. The van der Waals surface area contributed by atoms with Crippen LogP contribution in [0.15, 0.2) is 36.4 Å². The van der Waals surface area contributed by atoms with Crippen LogP contribution in [0.1, 0.15) is 20.7 Å². The van der Waals surface area contributed by atoms with Gasteiger partial charge in [-0.05, 0) is 12.1 Å². The minimum atomic E-state index is -0.803. The summed E-state index contributed by atoms with van der Waals surface area (Å²) >= 11 is 0. The molecule has 0 fully saturated rings. The number of rotatable bonds is 0. The van der Waals surface area contributed by atoms with Gasteiger partial charge in [0.05, 0.1) is 0 Å². The van der Waals surface area contributed by atoms with Gasteiger partial charge in [0, 0.05) is 22.3 Å². The van der Waals surface area contributed by atoms with Gasteiger partial charge >= 0.3 is 0 Å². The third kappa shape index (κ3) is 1.26. The minimum absolute atomic E-state index is 0.0856. The molecule has 88 valence electrons. The van der Waals surface area contributed by atoms with E-state index in [1.54, 1.807) is 0 Å². The Hall–Kier alpha value is -2.36. The summed E-state index contributed by atoms with van der Waals surface area (Å²) in [7, 11) is 0. The highest BCUT2D eigenvalue weighted by molar-refractivity contribution is 6.53. The third-order valence-corrected chi connectivity index (χ3v) is 2.97. The molecule has 2 aromatic carbocycles. The van der Waals surface area contributed by atoms with Gasteiger partial charge in [0.25, 0.3) is 0 Å². The standard InChI is InChI=1S/C14H6F2O2/c15-9-5-1-3-7-11(9)12-8(14(18)13(7)17)4-2-6-10(12)16/h1-6H. The van der Waals surface area contributed by atoms with Crippen molar-refractivity contribution in [2.75, 3.05) is 0 Å². The predicted octanol–water partition coefficient (Wildman–Crippen LogP) is 3.01. The number of hydrogen-bond acceptors (Lipinski definition) is 2. The quantitative estimate of drug-likeness (QED) is 0.667. The highest BCUT2D eigenvalue weighted by Crippen LogP contribution is 2.36. The molecule has 0 N–H and O–H groups in total. The molecule has 18 heavy (non-hydrogen) atoms. The molecule has 2 nitrogen and oxygen atoms in total. The maximum absolute atomic E-state index is 13.8. The zero-order valence-corrected chi connectivity index (χ0v) is 9.04. The molecule has 3 rings (SSSR count). The maximum atomic E-state index is 13.8. The molecule has 0 aliphatic heterocycles. The van der Waals surface area contributed by atoms with Gasteiger partial charge in [0.2, 0.25) is 11.6 Å². The van der Waals surface area contributed by atoms with Gasteiger partial charge in [0.1, 0.15) is 11.6 Å². The van der Waals surface area contributed by atoms with Crippen LogP contribution in [-0.2, 0) is 0 Å². The first kappa shape index (κ1) is 10.8. The van der Waals surface area contributed by atoms with Crippen molar-refractivity contribution < 1.29 is 18.4 Å². The second kappa shape index (κ2) is 3.57. The lowest BCUT2D eigenvalue weighted by atomic mass is 9.83. The molecule has 0 spiro atoms. The van der Waals surface area contributed by atoms with E-state index >= 15 is 0 Å². The van der Waals surface area contributed by atoms with Gasteiger partial charge in [-0.25, -0.2) is 8.78 Å². The van der Waals surface area contributed by atoms with Crippen LogP contribution in [0.5, 0.6) is 0 Å². The molecule has 0 amide bonds. The zero-order chi connectivity index (χ0) is 12.9. The smallest absolute Gasteiger partial charge is 0.234 e. The Morgan fingerprint density at radius 3 is 1.44 bits per heavy atom. The van der Waals surface area contributed by atoms with Gasteiger partial charge in [-0.1, -0.05) is 24.3 Å². The van der Waals surface area contributed by atoms with Crippen molar-refractivity contribution in [3.8, 4) is 11.1 Å². The van der Waals surface area contributed by atoms with Crippen LogP contribution in [0.25, 0.3) is 11.1 Å². The molecule has 0 radical (unpaired) electrons. The molecule has 2 aromatic rings. The fraction of sp³-hybridized carbons (Fsp3) is 0. The van der Waals surface area contributed by atoms with Crippen LogP contribution in [0, 0.1) is 11.6 Å². The lowest BCUT2D eigenvalue weighted by molar-refractivity contribution is 0.0815. The molecule has 0 aromatic heterocycles. The van der Waals surface area contributed by atoms with Crippen LogP contribution < -0.4 is 0 Å². The van der Waals surface area contributed by atoms with E-state index in [4.69, 9.17) is 0 Å². The summed E-state index contributed by atoms with van der Waals surface area (Å²) in [6.45, 7) is 0. The van der Waals surface area contributed by atoms with E-state index in [0.717, 1.165) is 12.1 Å². The van der Waals surface area contributed by atoms with Crippen molar-refractivity contribution in [3.05, 3.63) is 59.2 Å². The Morgan fingerprint density at radius 1 is 0.667 bits per heavy atom. The van der Waals surface area contributed by atoms with Gasteiger partial charge < -0.3 is 0 Å². The maximum Gasteiger partial charge on any atom is 0.234 e. The second-order valence-electron chi connectivity index (χ2n) is 3.98. The van der Waals surface area contributed by atoms with Crippen LogP contribution in [0.4, 0.5) is 8.78 Å². The number of fused-ring (bicyclic) bond motifs is 3. The third-order valence-electron chi connectivity index (χ3n) is 2.97. The van der Waals surface area contributed by atoms with Crippen molar-refractivity contribution in [3.63, 3.8) is 0 Å². The molecule has 4 heteroatoms. The highest BCUT2D eigenvalue weighted by atomic mass is 19.1. The second-order valence-corrected chi connectivity index (χ2v) is 3.98. The highest BCUT2D eigenvalue weighted by Gasteiger charge is 2.33. The SMILES string of the molecule is O=C1C(=O)c2cccc(F)c2-c2c(F)cccc21. The largest absolute Gasteiger partial charge is 0.285 e. The van der Waals surface area contributed by atoms with Crippen molar-refractivity contribution in [2.45, 2.75) is 0 Å². The minimum Gasteiger partial charge on any atom is -0.285 e. The predicted molar refractivity (Wildman–Crippen MR) is 60.5 cm³/mol. The average Bonchev–Trinajstić information content (AvgIpc) is 2.36. The number of halogens is 2. The van der Waals surface area contributed by atoms with E-state index in [0.29, 0.717) is 0 Å². The molecular formula is C14H6F2O2. The Morgan fingerprint density at radius 2 is 1.06 bits per heavy atom. The Kier molecular flexibility index (Phi) is 2.13. The van der Waals surface area contributed by atoms with E-state index in [9.17, 15) is 18.4 Å². The monoisotopic (exact) mass is 244 g/mol. The topological polar surface area (TPSA) is 34.1 Å². The van der Waals surface area contributed by atoms with Crippen molar-refractivity contribution >= 4 is 11.6 Å². The van der Waals surface area contributed by atoms with Crippen LogP contribution in [0.2, 0.25) is 0 Å². The first-order valence-electron chi connectivity index (χ1n) is 5.27. The molecule has 0 saturated carbocycles. The number of carbonyl (C=O) groups excluding carboxylic acids is 2. The van der Waals surface area contributed by atoms with Crippen LogP contribution in [0.3, 0.4) is 0 Å². The molecule has 0 heterocycles. The first-order valence-corrected chi connectivity index (χ1v) is 5.27.